The fourth-order valence-electron chi connectivity index (χ4n) is 1.37. The average molecular weight is 304 g/mol. The smallest absolute Gasteiger partial charge is 0.170 e. The van der Waals surface area contributed by atoms with Gasteiger partial charge in [-0.05, 0) is 19.3 Å². The van der Waals surface area contributed by atoms with Gasteiger partial charge in [-0.25, -0.2) is 0 Å². The summed E-state index contributed by atoms with van der Waals surface area (Å²) in [6, 6.07) is 0. The summed E-state index contributed by atoms with van der Waals surface area (Å²) in [5.74, 6) is -0.800. The van der Waals surface area contributed by atoms with Gasteiger partial charge in [0.25, 0.3) is 0 Å². The first-order valence-electron chi connectivity index (χ1n) is 5.62. The first-order valence-corrected chi connectivity index (χ1v) is 6.60. The van der Waals surface area contributed by atoms with Crippen LogP contribution in [0.4, 0.5) is 26.3 Å². The molecule has 1 unspecified atom stereocenters. The van der Waals surface area contributed by atoms with E-state index in [2.05, 4.69) is 0 Å². The summed E-state index contributed by atoms with van der Waals surface area (Å²) in [6.45, 7) is 2.12. The molecule has 0 aromatic heterocycles. The highest BCUT2D eigenvalue weighted by Gasteiger charge is 2.67. The van der Waals surface area contributed by atoms with Crippen molar-refractivity contribution in [3.63, 3.8) is 0 Å². The Morgan fingerprint density at radius 1 is 1.16 bits per heavy atom. The van der Waals surface area contributed by atoms with E-state index < -0.39 is 23.5 Å². The van der Waals surface area contributed by atoms with Crippen molar-refractivity contribution >= 4 is 11.8 Å². The third-order valence-electron chi connectivity index (χ3n) is 3.06. The molecule has 19 heavy (non-hydrogen) atoms. The maximum atomic E-state index is 12.6. The molecular weight excluding hydrogens is 290 g/mol. The quantitative estimate of drug-likeness (QED) is 0.635. The van der Waals surface area contributed by atoms with Crippen LogP contribution in [-0.2, 0) is 0 Å². The van der Waals surface area contributed by atoms with Crippen LogP contribution >= 0.6 is 11.8 Å². The van der Waals surface area contributed by atoms with E-state index in [1.54, 1.807) is 18.2 Å². The van der Waals surface area contributed by atoms with Crippen molar-refractivity contribution in [3.8, 4) is 0 Å². The minimum atomic E-state index is -5.31. The Morgan fingerprint density at radius 2 is 1.68 bits per heavy atom. The van der Waals surface area contributed by atoms with Gasteiger partial charge < -0.3 is 0 Å². The Labute approximate surface area is 111 Å². The van der Waals surface area contributed by atoms with Crippen LogP contribution in [0.25, 0.3) is 0 Å². The van der Waals surface area contributed by atoms with Gasteiger partial charge in [-0.1, -0.05) is 25.2 Å². The lowest BCUT2D eigenvalue weighted by Gasteiger charge is -2.33. The van der Waals surface area contributed by atoms with Crippen LogP contribution in [0.1, 0.15) is 20.3 Å². The molecule has 0 aromatic rings. The summed E-state index contributed by atoms with van der Waals surface area (Å²) in [7, 11) is 0. The van der Waals surface area contributed by atoms with Gasteiger partial charge >= 0.3 is 12.4 Å². The van der Waals surface area contributed by atoms with Gasteiger partial charge in [0.15, 0.2) is 5.41 Å². The lowest BCUT2D eigenvalue weighted by molar-refractivity contribution is -0.325. The number of thioether (sulfide) groups is 1. The lowest BCUT2D eigenvalue weighted by atomic mass is 9.92. The van der Waals surface area contributed by atoms with Gasteiger partial charge in [0.1, 0.15) is 0 Å². The number of allylic oxidation sites excluding steroid dienone is 3. The van der Waals surface area contributed by atoms with E-state index in [-0.39, 0.29) is 12.8 Å². The van der Waals surface area contributed by atoms with Crippen molar-refractivity contribution in [2.75, 3.05) is 5.75 Å². The molecule has 0 aliphatic heterocycles. The minimum absolute atomic E-state index is 0.204. The molecule has 0 bridgehead atoms. The largest absolute Gasteiger partial charge is 0.403 e. The number of hydrogen-bond donors (Lipinski definition) is 0. The molecule has 110 valence electrons. The van der Waals surface area contributed by atoms with Crippen molar-refractivity contribution in [2.45, 2.75) is 32.6 Å². The Hall–Kier alpha value is -0.590. The highest BCUT2D eigenvalue weighted by molar-refractivity contribution is 8.03. The Balaban J connectivity index is 2.79. The number of hydrogen-bond acceptors (Lipinski definition) is 1. The summed E-state index contributed by atoms with van der Waals surface area (Å²) in [6.07, 6.45) is -4.97. The maximum absolute atomic E-state index is 12.6. The van der Waals surface area contributed by atoms with Crippen LogP contribution < -0.4 is 0 Å². The second kappa shape index (κ2) is 5.42. The summed E-state index contributed by atoms with van der Waals surface area (Å²) < 4.78 is 75.9. The van der Waals surface area contributed by atoms with Crippen LogP contribution in [0.3, 0.4) is 0 Å². The predicted octanol–water partition coefficient (Wildman–Crippen LogP) is 5.33. The molecule has 0 spiro atoms. The molecule has 0 nitrogen and oxygen atoms in total. The average Bonchev–Trinajstić information content (AvgIpc) is 2.24. The third kappa shape index (κ3) is 3.70. The number of halogens is 6. The molecule has 0 N–H and O–H groups in total. The monoisotopic (exact) mass is 304 g/mol. The molecule has 1 aliphatic rings. The summed E-state index contributed by atoms with van der Waals surface area (Å²) in [5.41, 5.74) is -3.69. The number of rotatable bonds is 3. The second-order valence-corrected chi connectivity index (χ2v) is 5.84. The van der Waals surface area contributed by atoms with E-state index in [1.807, 2.05) is 6.92 Å². The van der Waals surface area contributed by atoms with E-state index in [9.17, 15) is 26.3 Å². The zero-order valence-electron chi connectivity index (χ0n) is 10.4. The molecule has 0 saturated heterocycles. The van der Waals surface area contributed by atoms with Gasteiger partial charge in [0.2, 0.25) is 0 Å². The van der Waals surface area contributed by atoms with Gasteiger partial charge in [-0.2, -0.15) is 26.3 Å². The lowest BCUT2D eigenvalue weighted by Crippen LogP contribution is -2.49. The van der Waals surface area contributed by atoms with Crippen LogP contribution in [-0.4, -0.2) is 18.1 Å². The highest BCUT2D eigenvalue weighted by Crippen LogP contribution is 2.52. The van der Waals surface area contributed by atoms with E-state index in [0.29, 0.717) is 23.1 Å². The topological polar surface area (TPSA) is 0 Å². The SMILES string of the molecule is CC1C=CC(SCC(C)(C(F)(F)F)C(F)(F)F)=CC1. The molecule has 0 heterocycles. The van der Waals surface area contributed by atoms with E-state index in [0.717, 1.165) is 0 Å². The minimum Gasteiger partial charge on any atom is -0.170 e. The standard InChI is InChI=1S/C12H14F6S/c1-8-3-5-9(6-4-8)19-7-10(2,11(13,14)15)12(16,17)18/h3,5-6,8H,4,7H2,1-2H3. The molecule has 7 heteroatoms. The van der Waals surface area contributed by atoms with Crippen LogP contribution in [0, 0.1) is 11.3 Å². The van der Waals surface area contributed by atoms with E-state index in [4.69, 9.17) is 0 Å². The summed E-state index contributed by atoms with van der Waals surface area (Å²) in [5, 5.41) is 0. The van der Waals surface area contributed by atoms with Gasteiger partial charge in [-0.3, -0.25) is 0 Å². The Bertz CT molecular complexity index is 363. The zero-order chi connectivity index (χ0) is 14.9. The zero-order valence-corrected chi connectivity index (χ0v) is 11.2. The van der Waals surface area contributed by atoms with Crippen molar-refractivity contribution in [1.82, 2.24) is 0 Å². The van der Waals surface area contributed by atoms with Crippen molar-refractivity contribution in [3.05, 3.63) is 23.1 Å². The van der Waals surface area contributed by atoms with Crippen molar-refractivity contribution < 1.29 is 26.3 Å². The summed E-state index contributed by atoms with van der Waals surface area (Å²) in [4.78, 5) is 0.456. The fourth-order valence-corrected chi connectivity index (χ4v) is 2.54. The van der Waals surface area contributed by atoms with Crippen LogP contribution in [0.5, 0.6) is 0 Å². The molecule has 0 fully saturated rings. The van der Waals surface area contributed by atoms with Crippen molar-refractivity contribution in [1.29, 1.82) is 0 Å². The van der Waals surface area contributed by atoms with Crippen LogP contribution in [0.2, 0.25) is 0 Å². The van der Waals surface area contributed by atoms with E-state index in [1.165, 1.54) is 0 Å². The maximum Gasteiger partial charge on any atom is 0.403 e. The molecule has 0 saturated carbocycles. The molecular formula is C12H14F6S. The number of alkyl halides is 6. The molecule has 1 atom stereocenters. The molecule has 0 aromatic carbocycles. The Kier molecular flexibility index (Phi) is 4.70. The fraction of sp³-hybridized carbons (Fsp3) is 0.667. The second-order valence-electron chi connectivity index (χ2n) is 4.79. The first kappa shape index (κ1) is 16.5. The molecule has 1 rings (SSSR count). The first-order chi connectivity index (χ1) is 8.47. The van der Waals surface area contributed by atoms with Gasteiger partial charge in [0.05, 0.1) is 0 Å². The molecule has 1 aliphatic carbocycles. The normalized spacial score (nSPS) is 21.5. The van der Waals surface area contributed by atoms with E-state index >= 15 is 0 Å². The van der Waals surface area contributed by atoms with Crippen molar-refractivity contribution in [2.24, 2.45) is 11.3 Å². The Morgan fingerprint density at radius 3 is 2.05 bits per heavy atom. The highest BCUT2D eigenvalue weighted by atomic mass is 32.2. The van der Waals surface area contributed by atoms with Gasteiger partial charge in [0, 0.05) is 10.7 Å². The van der Waals surface area contributed by atoms with Gasteiger partial charge in [-0.15, -0.1) is 11.8 Å². The molecule has 0 radical (unpaired) electrons. The van der Waals surface area contributed by atoms with Crippen LogP contribution in [0.15, 0.2) is 23.1 Å². The molecule has 0 amide bonds. The summed E-state index contributed by atoms with van der Waals surface area (Å²) >= 11 is 0.594. The predicted molar refractivity (Wildman–Crippen MR) is 63.7 cm³/mol. The third-order valence-corrected chi connectivity index (χ3v) is 4.42.